The van der Waals surface area contributed by atoms with Crippen molar-refractivity contribution in [2.45, 2.75) is 6.92 Å². The average Bonchev–Trinajstić information content (AvgIpc) is 2.26. The van der Waals surface area contributed by atoms with Crippen molar-refractivity contribution in [2.75, 3.05) is 0 Å². The van der Waals surface area contributed by atoms with Crippen LogP contribution in [0.3, 0.4) is 0 Å². The number of nitrogens with zero attached hydrogens (tertiary/aromatic N) is 1. The van der Waals surface area contributed by atoms with Crippen molar-refractivity contribution >= 4 is 55.3 Å². The van der Waals surface area contributed by atoms with Gasteiger partial charge < -0.3 is 0 Å². The van der Waals surface area contributed by atoms with Crippen LogP contribution in [0.2, 0.25) is 5.15 Å². The largest absolute Gasteiger partial charge is 0.276 e. The van der Waals surface area contributed by atoms with Crippen LogP contribution in [0.25, 0.3) is 10.9 Å². The lowest BCUT2D eigenvalue weighted by atomic mass is 10.1. The van der Waals surface area contributed by atoms with Gasteiger partial charge in [-0.05, 0) is 52.2 Å². The van der Waals surface area contributed by atoms with Gasteiger partial charge in [0, 0.05) is 5.39 Å². The van der Waals surface area contributed by atoms with Gasteiger partial charge >= 0.3 is 0 Å². The van der Waals surface area contributed by atoms with E-state index in [1.54, 1.807) is 6.92 Å². The molecule has 0 aliphatic rings. The summed E-state index contributed by atoms with van der Waals surface area (Å²) in [5.74, 6) is -0.486. The molecule has 0 radical (unpaired) electrons. The van der Waals surface area contributed by atoms with Crippen LogP contribution in [0.15, 0.2) is 16.6 Å². The molecule has 17 heavy (non-hydrogen) atoms. The van der Waals surface area contributed by atoms with E-state index in [1.165, 1.54) is 12.1 Å². The lowest BCUT2D eigenvalue weighted by molar-refractivity contribution is 0.108. The predicted octanol–water partition coefficient (Wildman–Crippen LogP) is 4.48. The van der Waals surface area contributed by atoms with Crippen molar-refractivity contribution in [1.29, 1.82) is 0 Å². The average molecular weight is 337 g/mol. The molecular formula is C11H5BrCl2FNO. The van der Waals surface area contributed by atoms with E-state index >= 15 is 0 Å². The molecule has 0 aliphatic heterocycles. The van der Waals surface area contributed by atoms with E-state index in [-0.39, 0.29) is 15.2 Å². The molecular weight excluding hydrogens is 332 g/mol. The summed E-state index contributed by atoms with van der Waals surface area (Å²) >= 11 is 14.5. The van der Waals surface area contributed by atoms with Crippen molar-refractivity contribution < 1.29 is 9.18 Å². The van der Waals surface area contributed by atoms with Crippen LogP contribution in [0.5, 0.6) is 0 Å². The zero-order valence-electron chi connectivity index (χ0n) is 8.52. The molecule has 0 saturated carbocycles. The zero-order chi connectivity index (χ0) is 12.7. The Morgan fingerprint density at radius 3 is 2.71 bits per heavy atom. The van der Waals surface area contributed by atoms with Crippen molar-refractivity contribution in [3.63, 3.8) is 0 Å². The minimum Gasteiger partial charge on any atom is -0.276 e. The fourth-order valence-corrected chi connectivity index (χ4v) is 2.55. The molecule has 0 aliphatic carbocycles. The Hall–Kier alpha value is -0.710. The van der Waals surface area contributed by atoms with Crippen molar-refractivity contribution in [2.24, 2.45) is 0 Å². The summed E-state index contributed by atoms with van der Waals surface area (Å²) in [7, 11) is 0. The minimum absolute atomic E-state index is 0.159. The first-order chi connectivity index (χ1) is 7.93. The maximum Gasteiger partial charge on any atom is 0.253 e. The number of carbonyl (C=O) groups is 1. The number of rotatable bonds is 1. The molecule has 0 fully saturated rings. The molecule has 0 N–H and O–H groups in total. The molecule has 0 saturated heterocycles. The molecule has 2 nitrogen and oxygen atoms in total. The zero-order valence-corrected chi connectivity index (χ0v) is 11.6. The van der Waals surface area contributed by atoms with Gasteiger partial charge in [0.25, 0.3) is 5.24 Å². The van der Waals surface area contributed by atoms with E-state index in [0.29, 0.717) is 16.5 Å². The normalized spacial score (nSPS) is 10.9. The first-order valence-electron chi connectivity index (χ1n) is 4.57. The Labute approximate surface area is 115 Å². The first kappa shape index (κ1) is 12.7. The maximum atomic E-state index is 13.5. The highest BCUT2D eigenvalue weighted by Crippen LogP contribution is 2.33. The second-order valence-corrected chi connectivity index (χ2v) is 4.93. The molecule has 1 aromatic heterocycles. The molecule has 1 heterocycles. The summed E-state index contributed by atoms with van der Waals surface area (Å²) in [5, 5.41) is -0.171. The summed E-state index contributed by atoms with van der Waals surface area (Å²) in [6.45, 7) is 1.61. The minimum atomic E-state index is -0.692. The highest BCUT2D eigenvalue weighted by atomic mass is 79.9. The van der Waals surface area contributed by atoms with Gasteiger partial charge in [-0.15, -0.1) is 0 Å². The number of aromatic nitrogens is 1. The molecule has 2 aromatic rings. The van der Waals surface area contributed by atoms with E-state index in [0.717, 1.165) is 0 Å². The Kier molecular flexibility index (Phi) is 3.39. The summed E-state index contributed by atoms with van der Waals surface area (Å²) < 4.78 is 13.6. The number of carbonyl (C=O) groups excluding carboxylic acids is 1. The predicted molar refractivity (Wildman–Crippen MR) is 69.3 cm³/mol. The fourth-order valence-electron chi connectivity index (χ4n) is 1.60. The highest BCUT2D eigenvalue weighted by Gasteiger charge is 2.19. The van der Waals surface area contributed by atoms with Crippen LogP contribution in [0.4, 0.5) is 4.39 Å². The van der Waals surface area contributed by atoms with E-state index in [2.05, 4.69) is 20.9 Å². The van der Waals surface area contributed by atoms with E-state index in [4.69, 9.17) is 23.2 Å². The molecule has 0 unspecified atom stereocenters. The van der Waals surface area contributed by atoms with Crippen LogP contribution < -0.4 is 0 Å². The smallest absolute Gasteiger partial charge is 0.253 e. The van der Waals surface area contributed by atoms with Gasteiger partial charge in [0.1, 0.15) is 11.0 Å². The van der Waals surface area contributed by atoms with Crippen LogP contribution in [0, 0.1) is 12.7 Å². The van der Waals surface area contributed by atoms with E-state index in [9.17, 15) is 9.18 Å². The van der Waals surface area contributed by atoms with Gasteiger partial charge in [-0.3, -0.25) is 4.79 Å². The number of benzene rings is 1. The third-order valence-electron chi connectivity index (χ3n) is 2.42. The second-order valence-electron chi connectivity index (χ2n) is 3.43. The summed E-state index contributed by atoms with van der Waals surface area (Å²) in [6.07, 6.45) is 0. The number of fused-ring (bicyclic) bond motifs is 1. The first-order valence-corrected chi connectivity index (χ1v) is 6.12. The van der Waals surface area contributed by atoms with Crippen molar-refractivity contribution in [3.8, 4) is 0 Å². The van der Waals surface area contributed by atoms with Gasteiger partial charge in [0.05, 0.1) is 15.6 Å². The Bertz CT molecular complexity index is 645. The van der Waals surface area contributed by atoms with Crippen LogP contribution >= 0.6 is 39.1 Å². The Morgan fingerprint density at radius 1 is 1.47 bits per heavy atom. The number of hydrogen-bond donors (Lipinski definition) is 0. The molecule has 2 rings (SSSR count). The molecule has 0 bridgehead atoms. The quantitative estimate of drug-likeness (QED) is 0.567. The molecule has 0 atom stereocenters. The fraction of sp³-hybridized carbons (Fsp3) is 0.0909. The monoisotopic (exact) mass is 335 g/mol. The molecule has 88 valence electrons. The molecule has 0 spiro atoms. The van der Waals surface area contributed by atoms with Crippen molar-refractivity contribution in [3.05, 3.63) is 38.7 Å². The lowest BCUT2D eigenvalue weighted by Gasteiger charge is -2.09. The van der Waals surface area contributed by atoms with E-state index in [1.807, 2.05) is 0 Å². The summed E-state index contributed by atoms with van der Waals surface area (Å²) in [5.41, 5.74) is 1.02. The Balaban J connectivity index is 3.06. The number of halogens is 4. The maximum absolute atomic E-state index is 13.5. The number of pyridine rings is 1. The molecule has 1 aromatic carbocycles. The second kappa shape index (κ2) is 4.52. The third kappa shape index (κ3) is 2.05. The van der Waals surface area contributed by atoms with Gasteiger partial charge in [-0.25, -0.2) is 9.37 Å². The van der Waals surface area contributed by atoms with Crippen LogP contribution in [-0.4, -0.2) is 10.2 Å². The summed E-state index contributed by atoms with van der Waals surface area (Å²) in [6, 6.07) is 2.69. The lowest BCUT2D eigenvalue weighted by Crippen LogP contribution is -2.00. The van der Waals surface area contributed by atoms with Crippen LogP contribution in [0.1, 0.15) is 15.9 Å². The van der Waals surface area contributed by atoms with Gasteiger partial charge in [0.15, 0.2) is 0 Å². The highest BCUT2D eigenvalue weighted by molar-refractivity contribution is 9.10. The van der Waals surface area contributed by atoms with Crippen molar-refractivity contribution in [1.82, 2.24) is 4.98 Å². The molecule has 0 amide bonds. The van der Waals surface area contributed by atoms with Gasteiger partial charge in [-0.2, -0.15) is 0 Å². The standard InChI is InChI=1S/C11H5BrCl2FNO/c1-4-7(11(14)17)8-6(16-10(4)13)3-2-5(15)9(8)12/h2-3H,1H3. The topological polar surface area (TPSA) is 30.0 Å². The molecule has 6 heteroatoms. The SMILES string of the molecule is Cc1c(Cl)nc2ccc(F)c(Br)c2c1C(=O)Cl. The van der Waals surface area contributed by atoms with Gasteiger partial charge in [0.2, 0.25) is 0 Å². The third-order valence-corrected chi connectivity index (χ3v) is 3.75. The number of hydrogen-bond acceptors (Lipinski definition) is 2. The van der Waals surface area contributed by atoms with Crippen LogP contribution in [-0.2, 0) is 0 Å². The Morgan fingerprint density at radius 2 is 2.12 bits per heavy atom. The summed E-state index contributed by atoms with van der Waals surface area (Å²) in [4.78, 5) is 15.5. The van der Waals surface area contributed by atoms with Gasteiger partial charge in [-0.1, -0.05) is 11.6 Å². The van der Waals surface area contributed by atoms with E-state index < -0.39 is 11.1 Å².